The molecule has 5 rings (SSSR count). The van der Waals surface area contributed by atoms with Crippen LogP contribution in [0.15, 0.2) is 52.2 Å². The van der Waals surface area contributed by atoms with E-state index in [9.17, 15) is 9.59 Å². The van der Waals surface area contributed by atoms with Crippen LogP contribution >= 0.6 is 23.1 Å². The van der Waals surface area contributed by atoms with Gasteiger partial charge in [0.25, 0.3) is 5.91 Å². The van der Waals surface area contributed by atoms with Crippen LogP contribution in [0.25, 0.3) is 5.69 Å². The van der Waals surface area contributed by atoms with Crippen LogP contribution < -0.4 is 5.43 Å². The molecule has 0 spiro atoms. The van der Waals surface area contributed by atoms with Crippen LogP contribution in [-0.4, -0.2) is 54.9 Å². The Hall–Kier alpha value is -2.39. The molecule has 2 aromatic heterocycles. The van der Waals surface area contributed by atoms with Gasteiger partial charge in [-0.2, -0.15) is 0 Å². The third-order valence-corrected chi connectivity index (χ3v) is 8.82. The molecule has 1 aromatic carbocycles. The summed E-state index contributed by atoms with van der Waals surface area (Å²) < 4.78 is 13.3. The zero-order valence-electron chi connectivity index (χ0n) is 19.6. The average Bonchev–Trinajstić information content (AvgIpc) is 3.17. The molecule has 178 valence electrons. The Morgan fingerprint density at radius 3 is 2.74 bits per heavy atom. The molecule has 6 nitrogen and oxygen atoms in total. The predicted molar refractivity (Wildman–Crippen MR) is 136 cm³/mol. The number of thiophene rings is 1. The van der Waals surface area contributed by atoms with Crippen molar-refractivity contribution >= 4 is 29.0 Å². The van der Waals surface area contributed by atoms with E-state index in [0.717, 1.165) is 22.0 Å². The maximum atomic E-state index is 13.7. The molecule has 2 atom stereocenters. The highest BCUT2D eigenvalue weighted by Gasteiger charge is 2.31. The minimum absolute atomic E-state index is 0.113. The quantitative estimate of drug-likeness (QED) is 0.536. The summed E-state index contributed by atoms with van der Waals surface area (Å²) in [7, 11) is 1.73. The minimum Gasteiger partial charge on any atom is -0.376 e. The van der Waals surface area contributed by atoms with Gasteiger partial charge in [0.05, 0.1) is 31.6 Å². The second-order valence-corrected chi connectivity index (χ2v) is 11.4. The largest absolute Gasteiger partial charge is 0.376 e. The topological polar surface area (TPSA) is 60.8 Å². The van der Waals surface area contributed by atoms with Crippen LogP contribution in [0.3, 0.4) is 0 Å². The number of hydrogen-bond donors (Lipinski definition) is 0. The SMILES string of the molecule is Cc1ccc([C@@H]2Cc3c(C(=O)N(C)C[C@@H]4COCCO4)c(=O)cc(C)n3-c3ccccc3S2)s1. The van der Waals surface area contributed by atoms with Crippen molar-refractivity contribution < 1.29 is 14.3 Å². The lowest BCUT2D eigenvalue weighted by molar-refractivity contribution is -0.0933. The number of carbonyl (C=O) groups is 1. The molecule has 0 unspecified atom stereocenters. The van der Waals surface area contributed by atoms with Crippen molar-refractivity contribution in [3.05, 3.63) is 79.4 Å². The normalized spacial score (nSPS) is 19.7. The lowest BCUT2D eigenvalue weighted by atomic mass is 10.0. The van der Waals surface area contributed by atoms with Crippen molar-refractivity contribution in [3.63, 3.8) is 0 Å². The van der Waals surface area contributed by atoms with Gasteiger partial charge in [0, 0.05) is 57.4 Å². The molecule has 0 bridgehead atoms. The zero-order valence-corrected chi connectivity index (χ0v) is 21.2. The second-order valence-electron chi connectivity index (χ2n) is 8.79. The lowest BCUT2D eigenvalue weighted by Gasteiger charge is -2.28. The van der Waals surface area contributed by atoms with Crippen LogP contribution in [0, 0.1) is 13.8 Å². The Balaban J connectivity index is 1.61. The molecule has 1 amide bonds. The maximum absolute atomic E-state index is 13.7. The molecule has 0 N–H and O–H groups in total. The van der Waals surface area contributed by atoms with E-state index < -0.39 is 0 Å². The average molecular weight is 497 g/mol. The molecule has 2 aliphatic heterocycles. The Bertz CT molecular complexity index is 1280. The molecule has 8 heteroatoms. The molecule has 1 fully saturated rings. The van der Waals surface area contributed by atoms with Gasteiger partial charge in [-0.1, -0.05) is 12.1 Å². The molecule has 2 aliphatic rings. The van der Waals surface area contributed by atoms with Gasteiger partial charge >= 0.3 is 0 Å². The van der Waals surface area contributed by atoms with Crippen molar-refractivity contribution in [2.45, 2.75) is 36.5 Å². The number of thioether (sulfide) groups is 1. The van der Waals surface area contributed by atoms with Crippen LogP contribution in [0.2, 0.25) is 0 Å². The Morgan fingerprint density at radius 1 is 1.18 bits per heavy atom. The zero-order chi connectivity index (χ0) is 23.8. The Labute approximate surface area is 207 Å². The number of likely N-dealkylation sites (N-methyl/N-ethyl adjacent to an activating group) is 1. The summed E-state index contributed by atoms with van der Waals surface area (Å²) in [5.74, 6) is -0.270. The fourth-order valence-electron chi connectivity index (χ4n) is 4.67. The van der Waals surface area contributed by atoms with E-state index in [1.165, 1.54) is 9.75 Å². The number of rotatable bonds is 4. The van der Waals surface area contributed by atoms with Crippen molar-refractivity contribution in [2.75, 3.05) is 33.4 Å². The summed E-state index contributed by atoms with van der Waals surface area (Å²) in [5, 5.41) is 0.113. The van der Waals surface area contributed by atoms with Crippen LogP contribution in [0.5, 0.6) is 0 Å². The van der Waals surface area contributed by atoms with E-state index in [0.29, 0.717) is 32.8 Å². The van der Waals surface area contributed by atoms with E-state index in [1.54, 1.807) is 41.1 Å². The minimum atomic E-state index is -0.270. The predicted octanol–water partition coefficient (Wildman–Crippen LogP) is 4.39. The number of carbonyl (C=O) groups excluding carboxylic acids is 1. The standard InChI is InChI=1S/C26H28N2O4S2/c1-16-12-21(29)25(26(30)27(3)14-18-15-31-10-11-32-18)20-13-24(23-9-8-17(2)33-23)34-22-7-5-4-6-19(22)28(16)20/h4-9,12,18,24H,10-11,13-15H2,1-3H3/t18-,24+/m1/s1. The van der Waals surface area contributed by atoms with Gasteiger partial charge in [-0.3, -0.25) is 9.59 Å². The van der Waals surface area contributed by atoms with Crippen LogP contribution in [0.4, 0.5) is 0 Å². The number of pyridine rings is 1. The third kappa shape index (κ3) is 4.47. The lowest BCUT2D eigenvalue weighted by Crippen LogP contribution is -2.42. The van der Waals surface area contributed by atoms with E-state index >= 15 is 0 Å². The van der Waals surface area contributed by atoms with E-state index in [1.807, 2.05) is 19.1 Å². The fourth-order valence-corrected chi connectivity index (χ4v) is 7.00. The first-order valence-corrected chi connectivity index (χ1v) is 13.1. The van der Waals surface area contributed by atoms with Crippen molar-refractivity contribution in [1.29, 1.82) is 0 Å². The number of aryl methyl sites for hydroxylation is 2. The molecular weight excluding hydrogens is 468 g/mol. The van der Waals surface area contributed by atoms with Crippen LogP contribution in [-0.2, 0) is 15.9 Å². The van der Waals surface area contributed by atoms with Gasteiger partial charge in [0.1, 0.15) is 5.56 Å². The van der Waals surface area contributed by atoms with Crippen molar-refractivity contribution in [1.82, 2.24) is 9.47 Å². The fraction of sp³-hybridized carbons (Fsp3) is 0.385. The van der Waals surface area contributed by atoms with Gasteiger partial charge in [0.2, 0.25) is 0 Å². The molecule has 34 heavy (non-hydrogen) atoms. The molecular formula is C26H28N2O4S2. The van der Waals surface area contributed by atoms with Gasteiger partial charge in [-0.05, 0) is 38.1 Å². The number of aromatic nitrogens is 1. The summed E-state index contributed by atoms with van der Waals surface area (Å²) in [6.07, 6.45) is 0.404. The number of fused-ring (bicyclic) bond motifs is 3. The first-order chi connectivity index (χ1) is 16.4. The summed E-state index contributed by atoms with van der Waals surface area (Å²) >= 11 is 3.57. The van der Waals surface area contributed by atoms with E-state index in [2.05, 4.69) is 35.8 Å². The smallest absolute Gasteiger partial charge is 0.259 e. The molecule has 1 saturated heterocycles. The first-order valence-electron chi connectivity index (χ1n) is 11.4. The van der Waals surface area contributed by atoms with Crippen molar-refractivity contribution in [2.24, 2.45) is 0 Å². The molecule has 3 aromatic rings. The number of ether oxygens (including phenoxy) is 2. The number of hydrogen-bond acceptors (Lipinski definition) is 6. The molecule has 0 radical (unpaired) electrons. The molecule has 0 aliphatic carbocycles. The van der Waals surface area contributed by atoms with Crippen molar-refractivity contribution in [3.8, 4) is 5.69 Å². The number of benzene rings is 1. The maximum Gasteiger partial charge on any atom is 0.259 e. The summed E-state index contributed by atoms with van der Waals surface area (Å²) in [6, 6.07) is 14.1. The highest BCUT2D eigenvalue weighted by atomic mass is 32.2. The summed E-state index contributed by atoms with van der Waals surface area (Å²) in [4.78, 5) is 32.2. The second kappa shape index (κ2) is 9.70. The van der Waals surface area contributed by atoms with Gasteiger partial charge in [-0.25, -0.2) is 0 Å². The van der Waals surface area contributed by atoms with E-state index in [4.69, 9.17) is 9.47 Å². The summed E-state index contributed by atoms with van der Waals surface area (Å²) in [5.41, 5.74) is 2.64. The number of amides is 1. The molecule has 4 heterocycles. The highest BCUT2D eigenvalue weighted by molar-refractivity contribution is 7.99. The van der Waals surface area contributed by atoms with Gasteiger partial charge in [0.15, 0.2) is 5.43 Å². The van der Waals surface area contributed by atoms with E-state index in [-0.39, 0.29) is 28.3 Å². The third-order valence-electron chi connectivity index (χ3n) is 6.25. The summed E-state index contributed by atoms with van der Waals surface area (Å²) in [6.45, 7) is 5.96. The van der Waals surface area contributed by atoms with Crippen LogP contribution in [0.1, 0.15) is 36.8 Å². The Morgan fingerprint density at radius 2 is 2.00 bits per heavy atom. The highest BCUT2D eigenvalue weighted by Crippen LogP contribution is 2.46. The Kier molecular flexibility index (Phi) is 6.66. The van der Waals surface area contributed by atoms with Gasteiger partial charge < -0.3 is 18.9 Å². The van der Waals surface area contributed by atoms with Gasteiger partial charge in [-0.15, -0.1) is 23.1 Å². The molecule has 0 saturated carbocycles. The first kappa shape index (κ1) is 23.4. The monoisotopic (exact) mass is 496 g/mol. The number of nitrogens with zero attached hydrogens (tertiary/aromatic N) is 2. The number of para-hydroxylation sites is 1.